The summed E-state index contributed by atoms with van der Waals surface area (Å²) in [6, 6.07) is 7.11. The fourth-order valence-corrected chi connectivity index (χ4v) is 1.87. The number of halogens is 3. The number of pyridine rings is 1. The fourth-order valence-electron chi connectivity index (χ4n) is 1.87. The summed E-state index contributed by atoms with van der Waals surface area (Å²) in [6.07, 6.45) is -2.75. The molecule has 2 rings (SSSR count). The second-order valence-corrected chi connectivity index (χ2v) is 4.61. The minimum atomic E-state index is -4.35. The Hall–Kier alpha value is -2.24. The summed E-state index contributed by atoms with van der Waals surface area (Å²) in [5, 5.41) is 6.06. The Morgan fingerprint density at radius 3 is 2.57 bits per heavy atom. The maximum atomic E-state index is 12.8. The van der Waals surface area contributed by atoms with Crippen molar-refractivity contribution < 1.29 is 13.2 Å². The smallest absolute Gasteiger partial charge is 0.370 e. The molecule has 0 saturated heterocycles. The van der Waals surface area contributed by atoms with Gasteiger partial charge in [0, 0.05) is 30.2 Å². The number of nitrogens with one attached hydrogen (secondary N) is 2. The molecule has 0 aliphatic carbocycles. The van der Waals surface area contributed by atoms with Crippen LogP contribution in [-0.2, 0) is 6.18 Å². The highest BCUT2D eigenvalue weighted by molar-refractivity contribution is 5.66. The van der Waals surface area contributed by atoms with Gasteiger partial charge < -0.3 is 10.6 Å². The molecule has 3 nitrogen and oxygen atoms in total. The third-order valence-electron chi connectivity index (χ3n) is 2.96. The van der Waals surface area contributed by atoms with E-state index in [0.717, 1.165) is 24.2 Å². The average Bonchev–Trinajstić information content (AvgIpc) is 2.41. The third kappa shape index (κ3) is 3.87. The fraction of sp³-hybridized carbons (Fsp3) is 0.267. The zero-order chi connectivity index (χ0) is 15.5. The van der Waals surface area contributed by atoms with Gasteiger partial charge in [-0.2, -0.15) is 13.2 Å². The molecule has 0 aliphatic rings. The molecule has 0 spiro atoms. The lowest BCUT2D eigenvalue weighted by Crippen LogP contribution is -2.06. The van der Waals surface area contributed by atoms with Crippen LogP contribution < -0.4 is 10.6 Å². The van der Waals surface area contributed by atoms with Crippen LogP contribution in [0.4, 0.5) is 30.4 Å². The highest BCUT2D eigenvalue weighted by Gasteiger charge is 2.30. The van der Waals surface area contributed by atoms with Crippen molar-refractivity contribution in [1.29, 1.82) is 0 Å². The highest BCUT2D eigenvalue weighted by Crippen LogP contribution is 2.33. The molecule has 2 aromatic rings. The first-order valence-corrected chi connectivity index (χ1v) is 6.55. The Morgan fingerprint density at radius 2 is 1.90 bits per heavy atom. The van der Waals surface area contributed by atoms with Crippen molar-refractivity contribution in [2.45, 2.75) is 20.0 Å². The van der Waals surface area contributed by atoms with E-state index in [0.29, 0.717) is 17.2 Å². The van der Waals surface area contributed by atoms with E-state index in [1.54, 1.807) is 25.3 Å². The summed E-state index contributed by atoms with van der Waals surface area (Å²) in [6.45, 7) is 4.42. The van der Waals surface area contributed by atoms with Crippen LogP contribution in [0, 0.1) is 6.92 Å². The van der Waals surface area contributed by atoms with Crippen molar-refractivity contribution in [3.63, 3.8) is 0 Å². The van der Waals surface area contributed by atoms with E-state index in [4.69, 9.17) is 0 Å². The van der Waals surface area contributed by atoms with Crippen LogP contribution in [0.5, 0.6) is 0 Å². The van der Waals surface area contributed by atoms with E-state index in [1.165, 1.54) is 6.07 Å². The Kier molecular flexibility index (Phi) is 4.35. The lowest BCUT2D eigenvalue weighted by molar-refractivity contribution is -0.137. The number of alkyl halides is 3. The van der Waals surface area contributed by atoms with Crippen LogP contribution >= 0.6 is 0 Å². The van der Waals surface area contributed by atoms with Crippen molar-refractivity contribution in [3.05, 3.63) is 47.7 Å². The largest absolute Gasteiger partial charge is 0.416 e. The second kappa shape index (κ2) is 6.03. The van der Waals surface area contributed by atoms with Crippen LogP contribution in [0.15, 0.2) is 36.5 Å². The molecular formula is C15H16F3N3. The van der Waals surface area contributed by atoms with Gasteiger partial charge in [-0.15, -0.1) is 0 Å². The first kappa shape index (κ1) is 15.2. The van der Waals surface area contributed by atoms with Gasteiger partial charge in [0.1, 0.15) is 5.82 Å². The van der Waals surface area contributed by atoms with Crippen molar-refractivity contribution in [1.82, 2.24) is 4.98 Å². The minimum absolute atomic E-state index is 0.429. The topological polar surface area (TPSA) is 37.0 Å². The highest BCUT2D eigenvalue weighted by atomic mass is 19.4. The number of hydrogen-bond donors (Lipinski definition) is 2. The number of hydrogen-bond acceptors (Lipinski definition) is 3. The lowest BCUT2D eigenvalue weighted by atomic mass is 10.1. The van der Waals surface area contributed by atoms with Gasteiger partial charge in [-0.3, -0.25) is 0 Å². The SMILES string of the molecule is CCNc1cc(Nc2cc(C(F)(F)F)ccc2C)ccn1. The quantitative estimate of drug-likeness (QED) is 0.866. The normalized spacial score (nSPS) is 11.3. The van der Waals surface area contributed by atoms with E-state index in [9.17, 15) is 13.2 Å². The number of anilines is 3. The molecule has 1 aromatic heterocycles. The van der Waals surface area contributed by atoms with Gasteiger partial charge in [0.05, 0.1) is 5.56 Å². The predicted molar refractivity (Wildman–Crippen MR) is 77.9 cm³/mol. The van der Waals surface area contributed by atoms with Crippen molar-refractivity contribution in [2.75, 3.05) is 17.2 Å². The Bertz CT molecular complexity index is 624. The summed E-state index contributed by atoms with van der Waals surface area (Å²) in [5.41, 5.74) is 1.18. The molecule has 0 saturated carbocycles. The van der Waals surface area contributed by atoms with Crippen LogP contribution in [0.3, 0.4) is 0 Å². The first-order chi connectivity index (χ1) is 9.90. The van der Waals surface area contributed by atoms with E-state index in [2.05, 4.69) is 15.6 Å². The van der Waals surface area contributed by atoms with Crippen LogP contribution in [0.2, 0.25) is 0 Å². The zero-order valence-corrected chi connectivity index (χ0v) is 11.8. The Morgan fingerprint density at radius 1 is 1.14 bits per heavy atom. The predicted octanol–water partition coefficient (Wildman–Crippen LogP) is 4.58. The first-order valence-electron chi connectivity index (χ1n) is 6.55. The van der Waals surface area contributed by atoms with E-state index in [-0.39, 0.29) is 0 Å². The minimum Gasteiger partial charge on any atom is -0.370 e. The third-order valence-corrected chi connectivity index (χ3v) is 2.96. The molecule has 21 heavy (non-hydrogen) atoms. The molecule has 1 heterocycles. The molecule has 2 N–H and O–H groups in total. The monoisotopic (exact) mass is 295 g/mol. The molecule has 0 atom stereocenters. The van der Waals surface area contributed by atoms with Crippen LogP contribution in [-0.4, -0.2) is 11.5 Å². The van der Waals surface area contributed by atoms with E-state index >= 15 is 0 Å². The molecule has 6 heteroatoms. The number of nitrogens with zero attached hydrogens (tertiary/aromatic N) is 1. The standard InChI is InChI=1S/C15H16F3N3/c1-3-19-14-9-12(6-7-20-14)21-13-8-11(15(16,17)18)5-4-10(13)2/h4-9H,3H2,1-2H3,(H2,19,20,21). The molecular weight excluding hydrogens is 279 g/mol. The maximum absolute atomic E-state index is 12.8. The number of benzene rings is 1. The molecule has 0 bridgehead atoms. The van der Waals surface area contributed by atoms with Crippen LogP contribution in [0.25, 0.3) is 0 Å². The van der Waals surface area contributed by atoms with Gasteiger partial charge in [-0.1, -0.05) is 6.07 Å². The lowest BCUT2D eigenvalue weighted by Gasteiger charge is -2.14. The molecule has 0 radical (unpaired) electrons. The van der Waals surface area contributed by atoms with Crippen molar-refractivity contribution in [2.24, 2.45) is 0 Å². The van der Waals surface area contributed by atoms with Gasteiger partial charge in [0.15, 0.2) is 0 Å². The maximum Gasteiger partial charge on any atom is 0.416 e. The molecule has 1 aromatic carbocycles. The average molecular weight is 295 g/mol. The van der Waals surface area contributed by atoms with Gasteiger partial charge in [0.25, 0.3) is 0 Å². The molecule has 112 valence electrons. The summed E-state index contributed by atoms with van der Waals surface area (Å²) < 4.78 is 38.3. The summed E-state index contributed by atoms with van der Waals surface area (Å²) >= 11 is 0. The summed E-state index contributed by atoms with van der Waals surface area (Å²) in [4.78, 5) is 4.12. The van der Waals surface area contributed by atoms with Gasteiger partial charge in [0.2, 0.25) is 0 Å². The number of rotatable bonds is 4. The number of aryl methyl sites for hydroxylation is 1. The van der Waals surface area contributed by atoms with Crippen molar-refractivity contribution in [3.8, 4) is 0 Å². The van der Waals surface area contributed by atoms with Gasteiger partial charge in [-0.05, 0) is 37.6 Å². The summed E-state index contributed by atoms with van der Waals surface area (Å²) in [5.74, 6) is 0.673. The molecule has 0 amide bonds. The number of aromatic nitrogens is 1. The molecule has 0 unspecified atom stereocenters. The summed E-state index contributed by atoms with van der Waals surface area (Å²) in [7, 11) is 0. The van der Waals surface area contributed by atoms with Gasteiger partial charge in [-0.25, -0.2) is 4.98 Å². The van der Waals surface area contributed by atoms with Crippen LogP contribution in [0.1, 0.15) is 18.1 Å². The second-order valence-electron chi connectivity index (χ2n) is 4.61. The van der Waals surface area contributed by atoms with E-state index in [1.807, 2.05) is 6.92 Å². The zero-order valence-electron chi connectivity index (χ0n) is 11.8. The molecule has 0 fully saturated rings. The van der Waals surface area contributed by atoms with Gasteiger partial charge >= 0.3 is 6.18 Å². The molecule has 0 aliphatic heterocycles. The van der Waals surface area contributed by atoms with E-state index < -0.39 is 11.7 Å². The Labute approximate surface area is 121 Å². The Balaban J connectivity index is 2.28. The van der Waals surface area contributed by atoms with Crippen molar-refractivity contribution >= 4 is 17.2 Å².